The minimum atomic E-state index is -1.12. The van der Waals surface area contributed by atoms with E-state index in [4.69, 9.17) is 14.2 Å². The summed E-state index contributed by atoms with van der Waals surface area (Å²) in [6.07, 6.45) is 2.19. The van der Waals surface area contributed by atoms with Gasteiger partial charge in [-0.3, -0.25) is 4.79 Å². The second-order valence-corrected chi connectivity index (χ2v) is 13.6. The molecule has 1 heterocycles. The number of amides is 1. The van der Waals surface area contributed by atoms with E-state index < -0.39 is 20.1 Å². The van der Waals surface area contributed by atoms with Gasteiger partial charge in [-0.25, -0.2) is 4.79 Å². The van der Waals surface area contributed by atoms with Crippen molar-refractivity contribution >= 4 is 20.0 Å². The number of hydrogen-bond donors (Lipinski definition) is 0. The molecular formula is C20H29NO5Si. The van der Waals surface area contributed by atoms with Crippen LogP contribution in [0.4, 0.5) is 0 Å². The second kappa shape index (κ2) is 9.19. The van der Waals surface area contributed by atoms with Gasteiger partial charge in [-0.1, -0.05) is 31.3 Å². The minimum absolute atomic E-state index is 0.148. The third kappa shape index (κ3) is 6.22. The maximum atomic E-state index is 12.9. The number of esters is 1. The number of carbonyl (C=O) groups is 2. The lowest BCUT2D eigenvalue weighted by Crippen LogP contribution is -2.39. The zero-order valence-corrected chi connectivity index (χ0v) is 17.8. The summed E-state index contributed by atoms with van der Waals surface area (Å²) in [4.78, 5) is 26.2. The first-order valence-corrected chi connectivity index (χ1v) is 12.8. The van der Waals surface area contributed by atoms with Crippen molar-refractivity contribution in [2.24, 2.45) is 0 Å². The quantitative estimate of drug-likeness (QED) is 0.293. The molecular weight excluding hydrogens is 362 g/mol. The van der Waals surface area contributed by atoms with Crippen molar-refractivity contribution < 1.29 is 23.8 Å². The summed E-state index contributed by atoms with van der Waals surface area (Å²) in [7, 11) is 0.204. The van der Waals surface area contributed by atoms with Crippen molar-refractivity contribution in [3.05, 3.63) is 41.6 Å². The Labute approximate surface area is 162 Å². The van der Waals surface area contributed by atoms with Gasteiger partial charge >= 0.3 is 5.97 Å². The Balaban J connectivity index is 1.97. The van der Waals surface area contributed by atoms with Gasteiger partial charge in [0, 0.05) is 32.9 Å². The lowest BCUT2D eigenvalue weighted by atomic mass is 10.1. The van der Waals surface area contributed by atoms with E-state index in [9.17, 15) is 9.59 Å². The van der Waals surface area contributed by atoms with Crippen LogP contribution >= 0.6 is 0 Å². The molecule has 1 aromatic rings. The van der Waals surface area contributed by atoms with Crippen LogP contribution < -0.4 is 4.74 Å². The fourth-order valence-electron chi connectivity index (χ4n) is 2.73. The van der Waals surface area contributed by atoms with Crippen LogP contribution in [0.15, 0.2) is 36.0 Å². The summed E-state index contributed by atoms with van der Waals surface area (Å²) in [5.74, 6) is -0.115. The molecule has 0 saturated heterocycles. The highest BCUT2D eigenvalue weighted by Gasteiger charge is 2.34. The molecule has 0 unspecified atom stereocenters. The summed E-state index contributed by atoms with van der Waals surface area (Å²) in [5.41, 5.74) is 1.41. The molecule has 1 atom stereocenters. The van der Waals surface area contributed by atoms with Crippen molar-refractivity contribution in [2.75, 3.05) is 20.5 Å². The monoisotopic (exact) mass is 391 g/mol. The number of methoxy groups -OCH3 is 1. The number of rotatable bonds is 8. The number of carbonyl (C=O) groups excluding carboxylic acids is 2. The lowest BCUT2D eigenvalue weighted by molar-refractivity contribution is -0.144. The number of benzene rings is 1. The molecule has 0 spiro atoms. The fourth-order valence-corrected chi connectivity index (χ4v) is 3.49. The summed E-state index contributed by atoms with van der Waals surface area (Å²) >= 11 is 0. The van der Waals surface area contributed by atoms with E-state index in [0.717, 1.165) is 11.6 Å². The Kier molecular flexibility index (Phi) is 7.21. The standard InChI is InChI=1S/C20H29NO5Si/c1-15-11-18(20(23)24-2)21(13-15)19(22)16-7-6-8-17(12-16)26-14-25-9-10-27(3,4)5/h6-8,12-13,18H,9-11,14H2,1-5H3/t18-/m0/s1. The predicted octanol–water partition coefficient (Wildman–Crippen LogP) is 3.67. The largest absolute Gasteiger partial charge is 0.468 e. The molecule has 1 aliphatic rings. The Morgan fingerprint density at radius 3 is 2.67 bits per heavy atom. The summed E-state index contributed by atoms with van der Waals surface area (Å²) < 4.78 is 16.0. The molecule has 0 aromatic heterocycles. The van der Waals surface area contributed by atoms with Crippen molar-refractivity contribution in [3.63, 3.8) is 0 Å². The molecule has 0 radical (unpaired) electrons. The number of hydrogen-bond acceptors (Lipinski definition) is 5. The van der Waals surface area contributed by atoms with Gasteiger partial charge in [0.2, 0.25) is 0 Å². The average molecular weight is 392 g/mol. The Morgan fingerprint density at radius 1 is 1.26 bits per heavy atom. The molecule has 1 aliphatic heterocycles. The van der Waals surface area contributed by atoms with Gasteiger partial charge in [-0.2, -0.15) is 0 Å². The van der Waals surface area contributed by atoms with Gasteiger partial charge in [0.1, 0.15) is 11.8 Å². The highest BCUT2D eigenvalue weighted by molar-refractivity contribution is 6.76. The Bertz CT molecular complexity index is 711. The second-order valence-electron chi connectivity index (χ2n) is 7.94. The highest BCUT2D eigenvalue weighted by atomic mass is 28.3. The first-order valence-electron chi connectivity index (χ1n) is 9.09. The Hall–Kier alpha value is -2.12. The van der Waals surface area contributed by atoms with Gasteiger partial charge in [0.25, 0.3) is 5.91 Å². The van der Waals surface area contributed by atoms with Crippen molar-refractivity contribution in [2.45, 2.75) is 45.1 Å². The molecule has 1 amide bonds. The maximum Gasteiger partial charge on any atom is 0.329 e. The van der Waals surface area contributed by atoms with Gasteiger partial charge < -0.3 is 19.1 Å². The number of nitrogens with zero attached hydrogens (tertiary/aromatic N) is 1. The van der Waals surface area contributed by atoms with E-state index in [0.29, 0.717) is 24.3 Å². The smallest absolute Gasteiger partial charge is 0.329 e. The molecule has 0 fully saturated rings. The van der Waals surface area contributed by atoms with Crippen LogP contribution in [0.25, 0.3) is 0 Å². The van der Waals surface area contributed by atoms with Gasteiger partial charge in [-0.05, 0) is 31.2 Å². The van der Waals surface area contributed by atoms with Crippen molar-refractivity contribution in [1.29, 1.82) is 0 Å². The molecule has 0 saturated carbocycles. The van der Waals surface area contributed by atoms with Crippen LogP contribution in [0.5, 0.6) is 5.75 Å². The van der Waals surface area contributed by atoms with Gasteiger partial charge in [-0.15, -0.1) is 0 Å². The summed E-state index contributed by atoms with van der Waals surface area (Å²) in [6.45, 7) is 9.59. The maximum absolute atomic E-state index is 12.9. The lowest BCUT2D eigenvalue weighted by Gasteiger charge is -2.21. The molecule has 1 aromatic carbocycles. The predicted molar refractivity (Wildman–Crippen MR) is 106 cm³/mol. The van der Waals surface area contributed by atoms with Crippen LogP contribution in [0, 0.1) is 0 Å². The number of ether oxygens (including phenoxy) is 3. The van der Waals surface area contributed by atoms with E-state index in [2.05, 4.69) is 19.6 Å². The SMILES string of the molecule is COC(=O)[C@@H]1CC(C)=CN1C(=O)c1cccc(OCOCC[Si](C)(C)C)c1. The van der Waals surface area contributed by atoms with Crippen LogP contribution in [0.1, 0.15) is 23.7 Å². The normalized spacial score (nSPS) is 16.9. The summed E-state index contributed by atoms with van der Waals surface area (Å²) in [6, 6.07) is 7.37. The zero-order chi connectivity index (χ0) is 20.0. The van der Waals surface area contributed by atoms with E-state index in [1.165, 1.54) is 12.0 Å². The topological polar surface area (TPSA) is 65.1 Å². The molecule has 6 nitrogen and oxygen atoms in total. The minimum Gasteiger partial charge on any atom is -0.468 e. The highest BCUT2D eigenvalue weighted by Crippen LogP contribution is 2.25. The van der Waals surface area contributed by atoms with E-state index in [1.54, 1.807) is 30.5 Å². The molecule has 0 bridgehead atoms. The third-order valence-electron chi connectivity index (χ3n) is 4.30. The Morgan fingerprint density at radius 2 is 2.00 bits per heavy atom. The molecule has 0 aliphatic carbocycles. The van der Waals surface area contributed by atoms with E-state index >= 15 is 0 Å². The van der Waals surface area contributed by atoms with Crippen LogP contribution in [0.3, 0.4) is 0 Å². The van der Waals surface area contributed by atoms with Gasteiger partial charge in [0.05, 0.1) is 7.11 Å². The first kappa shape index (κ1) is 21.2. The fraction of sp³-hybridized carbons (Fsp3) is 0.500. The van der Waals surface area contributed by atoms with E-state index in [-0.39, 0.29) is 12.7 Å². The first-order chi connectivity index (χ1) is 12.7. The van der Waals surface area contributed by atoms with Crippen molar-refractivity contribution in [1.82, 2.24) is 4.90 Å². The van der Waals surface area contributed by atoms with E-state index in [1.807, 2.05) is 6.92 Å². The van der Waals surface area contributed by atoms with Crippen LogP contribution in [0.2, 0.25) is 25.7 Å². The average Bonchev–Trinajstić information content (AvgIpc) is 3.01. The molecule has 2 rings (SSSR count). The zero-order valence-electron chi connectivity index (χ0n) is 16.8. The van der Waals surface area contributed by atoms with Gasteiger partial charge in [0.15, 0.2) is 6.79 Å². The van der Waals surface area contributed by atoms with Crippen molar-refractivity contribution in [3.8, 4) is 5.75 Å². The molecule has 7 heteroatoms. The summed E-state index contributed by atoms with van der Waals surface area (Å²) in [5, 5.41) is 0. The molecule has 27 heavy (non-hydrogen) atoms. The van der Waals surface area contributed by atoms with Crippen LogP contribution in [-0.4, -0.2) is 51.4 Å². The van der Waals surface area contributed by atoms with Crippen LogP contribution in [-0.2, 0) is 14.3 Å². The molecule has 0 N–H and O–H groups in total. The third-order valence-corrected chi connectivity index (χ3v) is 6.01. The molecule has 148 valence electrons.